The number of nitrogens with zero attached hydrogens (tertiary/aromatic N) is 4. The van der Waals surface area contributed by atoms with Gasteiger partial charge in [0.25, 0.3) is 5.91 Å². The molecule has 0 unspecified atom stereocenters. The predicted molar refractivity (Wildman–Crippen MR) is 133 cm³/mol. The fourth-order valence-corrected chi connectivity index (χ4v) is 5.32. The minimum atomic E-state index is -0.484. The Kier molecular flexibility index (Phi) is 7.50. The number of nitriles is 1. The Morgan fingerprint density at radius 3 is 2.42 bits per heavy atom. The van der Waals surface area contributed by atoms with Gasteiger partial charge in [0.05, 0.1) is 5.25 Å². The molecule has 170 valence electrons. The zero-order valence-electron chi connectivity index (χ0n) is 18.2. The van der Waals surface area contributed by atoms with Crippen LogP contribution in [0.4, 0.5) is 5.69 Å². The molecule has 2 aliphatic rings. The quantitative estimate of drug-likeness (QED) is 0.477. The summed E-state index contributed by atoms with van der Waals surface area (Å²) in [5.74, 6) is -0.619. The van der Waals surface area contributed by atoms with E-state index in [1.807, 2.05) is 66.7 Å². The number of hydrogen-bond acceptors (Lipinski definition) is 6. The van der Waals surface area contributed by atoms with Crippen molar-refractivity contribution >= 4 is 45.2 Å². The van der Waals surface area contributed by atoms with Gasteiger partial charge in [0, 0.05) is 36.3 Å². The van der Waals surface area contributed by atoms with E-state index in [1.165, 1.54) is 16.7 Å². The number of halogens is 1. The Labute approximate surface area is 206 Å². The second-order valence-electron chi connectivity index (χ2n) is 7.97. The van der Waals surface area contributed by atoms with Gasteiger partial charge in [0.2, 0.25) is 5.91 Å². The van der Waals surface area contributed by atoms with Crippen LogP contribution in [0, 0.1) is 11.3 Å². The van der Waals surface area contributed by atoms with Crippen molar-refractivity contribution < 1.29 is 9.59 Å². The van der Waals surface area contributed by atoms with Crippen LogP contribution in [0.2, 0.25) is 0 Å². The lowest BCUT2D eigenvalue weighted by Gasteiger charge is -2.32. The first-order valence-corrected chi connectivity index (χ1v) is 12.3. The van der Waals surface area contributed by atoms with E-state index < -0.39 is 11.2 Å². The second kappa shape index (κ2) is 10.5. The standard InChI is InChI=1S/C24H24BrN5O2S/c1-28-11-13-29(14-12-28)27-22(31)20(16-26)24-30(19-5-3-2-4-6-19)23(32)21(33-24)15-17-7-9-18(25)10-8-17/h2-10,21H,11-15H2,1H3,(H,27,31)/b24-20+/t21-/m1/s1. The van der Waals surface area contributed by atoms with Crippen LogP contribution in [0.15, 0.2) is 69.7 Å². The normalized spacial score (nSPS) is 21.1. The number of anilines is 1. The van der Waals surface area contributed by atoms with Crippen molar-refractivity contribution in [1.82, 2.24) is 15.3 Å². The minimum absolute atomic E-state index is 0.0468. The largest absolute Gasteiger partial charge is 0.304 e. The van der Waals surface area contributed by atoms with Crippen molar-refractivity contribution in [3.8, 4) is 6.07 Å². The Bertz CT molecular complexity index is 1090. The third-order valence-corrected chi connectivity index (χ3v) is 7.41. The number of rotatable bonds is 5. The fraction of sp³-hybridized carbons (Fsp3) is 0.292. The Morgan fingerprint density at radius 2 is 1.79 bits per heavy atom. The molecule has 0 saturated carbocycles. The van der Waals surface area contributed by atoms with E-state index in [1.54, 1.807) is 0 Å². The summed E-state index contributed by atoms with van der Waals surface area (Å²) in [6.45, 7) is 3.02. The molecule has 2 aromatic rings. The SMILES string of the molecule is CN1CCN(NC(=O)/C(C#N)=C2/S[C@H](Cc3ccc(Br)cc3)C(=O)N2c2ccccc2)CC1. The molecule has 0 radical (unpaired) electrons. The monoisotopic (exact) mass is 525 g/mol. The molecular formula is C24H24BrN5O2S. The predicted octanol–water partition coefficient (Wildman–Crippen LogP) is 3.15. The molecule has 0 bridgehead atoms. The first-order valence-electron chi connectivity index (χ1n) is 10.6. The highest BCUT2D eigenvalue weighted by Gasteiger charge is 2.41. The summed E-state index contributed by atoms with van der Waals surface area (Å²) in [6, 6.07) is 19.0. The maximum Gasteiger partial charge on any atom is 0.278 e. The topological polar surface area (TPSA) is 79.7 Å². The van der Waals surface area contributed by atoms with Crippen LogP contribution in [0.1, 0.15) is 5.56 Å². The van der Waals surface area contributed by atoms with Gasteiger partial charge in [0.15, 0.2) is 0 Å². The number of carbonyl (C=O) groups excluding carboxylic acids is 2. The van der Waals surface area contributed by atoms with E-state index in [9.17, 15) is 14.9 Å². The third kappa shape index (κ3) is 5.47. The van der Waals surface area contributed by atoms with Crippen molar-refractivity contribution in [2.75, 3.05) is 38.1 Å². The average Bonchev–Trinajstić information content (AvgIpc) is 3.13. The molecule has 2 aliphatic heterocycles. The van der Waals surface area contributed by atoms with Crippen LogP contribution in [0.5, 0.6) is 0 Å². The Hall–Kier alpha value is -2.64. The van der Waals surface area contributed by atoms with E-state index in [4.69, 9.17) is 0 Å². The molecule has 7 nitrogen and oxygen atoms in total. The molecule has 0 aromatic heterocycles. The van der Waals surface area contributed by atoms with Gasteiger partial charge in [-0.05, 0) is 43.3 Å². The molecule has 0 spiro atoms. The number of likely N-dealkylation sites (N-methyl/N-ethyl adjacent to an activating group) is 1. The van der Waals surface area contributed by atoms with Crippen LogP contribution in [-0.4, -0.2) is 60.2 Å². The summed E-state index contributed by atoms with van der Waals surface area (Å²) in [4.78, 5) is 30.2. The molecular weight excluding hydrogens is 502 g/mol. The summed E-state index contributed by atoms with van der Waals surface area (Å²) in [5, 5.41) is 11.7. The number of carbonyl (C=O) groups is 2. The van der Waals surface area contributed by atoms with Crippen molar-refractivity contribution in [1.29, 1.82) is 5.26 Å². The molecule has 33 heavy (non-hydrogen) atoms. The fourth-order valence-electron chi connectivity index (χ4n) is 3.75. The molecule has 2 aromatic carbocycles. The van der Waals surface area contributed by atoms with E-state index in [0.29, 0.717) is 30.2 Å². The highest BCUT2D eigenvalue weighted by Crippen LogP contribution is 2.41. The Morgan fingerprint density at radius 1 is 1.12 bits per heavy atom. The van der Waals surface area contributed by atoms with Crippen molar-refractivity contribution in [3.63, 3.8) is 0 Å². The zero-order chi connectivity index (χ0) is 23.4. The summed E-state index contributed by atoms with van der Waals surface area (Å²) >= 11 is 4.71. The van der Waals surface area contributed by atoms with Gasteiger partial charge >= 0.3 is 0 Å². The highest BCUT2D eigenvalue weighted by molar-refractivity contribution is 9.10. The molecule has 2 heterocycles. The van der Waals surface area contributed by atoms with Gasteiger partial charge in [-0.3, -0.25) is 19.9 Å². The maximum absolute atomic E-state index is 13.5. The molecule has 4 rings (SSSR count). The van der Waals surface area contributed by atoms with Gasteiger partial charge in [-0.1, -0.05) is 58.0 Å². The number of benzene rings is 2. The number of hydrogen-bond donors (Lipinski definition) is 1. The lowest BCUT2D eigenvalue weighted by Crippen LogP contribution is -2.53. The molecule has 2 amide bonds. The van der Waals surface area contributed by atoms with Crippen LogP contribution in [0.25, 0.3) is 0 Å². The van der Waals surface area contributed by atoms with Crippen molar-refractivity contribution in [2.24, 2.45) is 0 Å². The minimum Gasteiger partial charge on any atom is -0.304 e. The zero-order valence-corrected chi connectivity index (χ0v) is 20.6. The average molecular weight is 526 g/mol. The van der Waals surface area contributed by atoms with E-state index >= 15 is 0 Å². The van der Waals surface area contributed by atoms with Gasteiger partial charge in [-0.25, -0.2) is 5.01 Å². The third-order valence-electron chi connectivity index (χ3n) is 5.62. The highest BCUT2D eigenvalue weighted by atomic mass is 79.9. The summed E-state index contributed by atoms with van der Waals surface area (Å²) in [6.07, 6.45) is 0.502. The summed E-state index contributed by atoms with van der Waals surface area (Å²) < 4.78 is 0.968. The molecule has 9 heteroatoms. The number of amides is 2. The number of nitrogens with one attached hydrogen (secondary N) is 1. The number of hydrazine groups is 1. The Balaban J connectivity index is 1.63. The molecule has 1 N–H and O–H groups in total. The smallest absolute Gasteiger partial charge is 0.278 e. The number of para-hydroxylation sites is 1. The molecule has 1 atom stereocenters. The van der Waals surface area contributed by atoms with E-state index in [-0.39, 0.29) is 11.5 Å². The molecule has 0 aliphatic carbocycles. The second-order valence-corrected chi connectivity index (χ2v) is 10.1. The first-order chi connectivity index (χ1) is 16.0. The van der Waals surface area contributed by atoms with Crippen molar-refractivity contribution in [2.45, 2.75) is 11.7 Å². The van der Waals surface area contributed by atoms with E-state index in [2.05, 4.69) is 32.3 Å². The summed E-state index contributed by atoms with van der Waals surface area (Å²) in [5.41, 5.74) is 4.46. The molecule has 2 fully saturated rings. The van der Waals surface area contributed by atoms with Gasteiger partial charge in [0.1, 0.15) is 16.7 Å². The van der Waals surface area contributed by atoms with Gasteiger partial charge < -0.3 is 4.90 Å². The van der Waals surface area contributed by atoms with Crippen molar-refractivity contribution in [3.05, 3.63) is 75.2 Å². The lowest BCUT2D eigenvalue weighted by atomic mass is 10.1. The summed E-state index contributed by atoms with van der Waals surface area (Å²) in [7, 11) is 2.03. The number of piperazine rings is 1. The lowest BCUT2D eigenvalue weighted by molar-refractivity contribution is -0.122. The van der Waals surface area contributed by atoms with Gasteiger partial charge in [-0.15, -0.1) is 0 Å². The van der Waals surface area contributed by atoms with Crippen LogP contribution in [0.3, 0.4) is 0 Å². The van der Waals surface area contributed by atoms with E-state index in [0.717, 1.165) is 23.1 Å². The maximum atomic E-state index is 13.5. The number of thioether (sulfide) groups is 1. The van der Waals surface area contributed by atoms with Crippen LogP contribution in [-0.2, 0) is 16.0 Å². The van der Waals surface area contributed by atoms with Crippen LogP contribution >= 0.6 is 27.7 Å². The van der Waals surface area contributed by atoms with Gasteiger partial charge in [-0.2, -0.15) is 5.26 Å². The van der Waals surface area contributed by atoms with Crippen LogP contribution < -0.4 is 10.3 Å². The molecule has 2 saturated heterocycles. The first kappa shape index (κ1) is 23.5.